The highest BCUT2D eigenvalue weighted by atomic mass is 32.2. The van der Waals surface area contributed by atoms with E-state index < -0.39 is 0 Å². The second-order valence-electron chi connectivity index (χ2n) is 4.66. The van der Waals surface area contributed by atoms with Crippen LogP contribution in [-0.2, 0) is 6.54 Å². The molecule has 2 aromatic carbocycles. The van der Waals surface area contributed by atoms with Gasteiger partial charge in [-0.05, 0) is 30.4 Å². The van der Waals surface area contributed by atoms with Crippen LogP contribution in [0.3, 0.4) is 0 Å². The highest BCUT2D eigenvalue weighted by Gasteiger charge is 2.11. The van der Waals surface area contributed by atoms with Gasteiger partial charge in [0.2, 0.25) is 0 Å². The first kappa shape index (κ1) is 15.4. The minimum atomic E-state index is -0.334. The number of rotatable bonds is 6. The predicted octanol–water partition coefficient (Wildman–Crippen LogP) is 4.63. The lowest BCUT2D eigenvalue weighted by Gasteiger charge is -2.11. The monoisotopic (exact) mass is 302 g/mol. The van der Waals surface area contributed by atoms with Crippen molar-refractivity contribution in [3.8, 4) is 0 Å². The lowest BCUT2D eigenvalue weighted by atomic mass is 10.1. The van der Waals surface area contributed by atoms with E-state index in [0.29, 0.717) is 12.1 Å². The summed E-state index contributed by atoms with van der Waals surface area (Å²) in [5.74, 6) is 1.01. The van der Waals surface area contributed by atoms with Crippen molar-refractivity contribution < 1.29 is 4.92 Å². The van der Waals surface area contributed by atoms with Gasteiger partial charge in [0.05, 0.1) is 4.92 Å². The maximum Gasteiger partial charge on any atom is 0.272 e. The van der Waals surface area contributed by atoms with Crippen molar-refractivity contribution in [2.75, 3.05) is 11.1 Å². The van der Waals surface area contributed by atoms with Gasteiger partial charge < -0.3 is 5.32 Å². The molecule has 21 heavy (non-hydrogen) atoms. The maximum absolute atomic E-state index is 11.0. The maximum atomic E-state index is 11.0. The van der Waals surface area contributed by atoms with Gasteiger partial charge in [0, 0.05) is 28.8 Å². The Labute approximate surface area is 128 Å². The van der Waals surface area contributed by atoms with Gasteiger partial charge in [0.25, 0.3) is 5.69 Å². The molecule has 0 fully saturated rings. The number of para-hydroxylation sites is 1. The van der Waals surface area contributed by atoms with Crippen LogP contribution in [0.1, 0.15) is 18.1 Å². The largest absolute Gasteiger partial charge is 0.380 e. The standard InChI is InChI=1S/C16H18N2O2S/c1-3-21-16-7-5-4-6-14(16)17-11-13-9-8-12(2)15(10-13)18(19)20/h4-10,17H,3,11H2,1-2H3. The van der Waals surface area contributed by atoms with Crippen LogP contribution in [0.15, 0.2) is 47.4 Å². The molecular weight excluding hydrogens is 284 g/mol. The molecule has 2 rings (SSSR count). The summed E-state index contributed by atoms with van der Waals surface area (Å²) in [6.07, 6.45) is 0. The van der Waals surface area contributed by atoms with Gasteiger partial charge >= 0.3 is 0 Å². The van der Waals surface area contributed by atoms with Gasteiger partial charge in [0.1, 0.15) is 0 Å². The van der Waals surface area contributed by atoms with Crippen LogP contribution in [0.4, 0.5) is 11.4 Å². The molecule has 0 unspecified atom stereocenters. The molecule has 110 valence electrons. The molecule has 0 heterocycles. The highest BCUT2D eigenvalue weighted by molar-refractivity contribution is 7.99. The number of benzene rings is 2. The number of nitro groups is 1. The van der Waals surface area contributed by atoms with Gasteiger partial charge in [-0.2, -0.15) is 0 Å². The van der Waals surface area contributed by atoms with E-state index in [1.165, 1.54) is 4.90 Å². The van der Waals surface area contributed by atoms with Crippen LogP contribution in [0.2, 0.25) is 0 Å². The van der Waals surface area contributed by atoms with Gasteiger partial charge in [-0.15, -0.1) is 11.8 Å². The van der Waals surface area contributed by atoms with E-state index in [-0.39, 0.29) is 10.6 Å². The number of nitrogens with zero attached hydrogens (tertiary/aromatic N) is 1. The van der Waals surface area contributed by atoms with Crippen LogP contribution in [0.5, 0.6) is 0 Å². The zero-order valence-electron chi connectivity index (χ0n) is 12.1. The lowest BCUT2D eigenvalue weighted by molar-refractivity contribution is -0.385. The zero-order valence-corrected chi connectivity index (χ0v) is 12.9. The third-order valence-electron chi connectivity index (χ3n) is 3.14. The molecule has 0 radical (unpaired) electrons. The summed E-state index contributed by atoms with van der Waals surface area (Å²) in [6.45, 7) is 4.44. The normalized spacial score (nSPS) is 10.4. The first-order valence-electron chi connectivity index (χ1n) is 6.81. The Morgan fingerprint density at radius 3 is 2.71 bits per heavy atom. The summed E-state index contributed by atoms with van der Waals surface area (Å²) < 4.78 is 0. The number of anilines is 1. The SMILES string of the molecule is CCSc1ccccc1NCc1ccc(C)c([N+](=O)[O-])c1. The van der Waals surface area contributed by atoms with Crippen molar-refractivity contribution in [2.24, 2.45) is 0 Å². The van der Waals surface area contributed by atoms with E-state index in [9.17, 15) is 10.1 Å². The summed E-state index contributed by atoms with van der Waals surface area (Å²) in [5, 5.41) is 14.3. The number of thioether (sulfide) groups is 1. The number of hydrogen-bond acceptors (Lipinski definition) is 4. The molecule has 4 nitrogen and oxygen atoms in total. The summed E-state index contributed by atoms with van der Waals surface area (Å²) in [7, 11) is 0. The van der Waals surface area contributed by atoms with Crippen molar-refractivity contribution in [2.45, 2.75) is 25.3 Å². The van der Waals surface area contributed by atoms with Crippen LogP contribution >= 0.6 is 11.8 Å². The molecule has 0 spiro atoms. The van der Waals surface area contributed by atoms with Crippen molar-refractivity contribution in [1.29, 1.82) is 0 Å². The van der Waals surface area contributed by atoms with E-state index >= 15 is 0 Å². The van der Waals surface area contributed by atoms with Gasteiger partial charge in [-0.1, -0.05) is 31.2 Å². The van der Waals surface area contributed by atoms with Crippen molar-refractivity contribution in [3.05, 3.63) is 63.7 Å². The van der Waals surface area contributed by atoms with E-state index in [1.807, 2.05) is 24.3 Å². The van der Waals surface area contributed by atoms with Crippen LogP contribution in [0.25, 0.3) is 0 Å². The quantitative estimate of drug-likeness (QED) is 0.480. The van der Waals surface area contributed by atoms with Crippen molar-refractivity contribution >= 4 is 23.1 Å². The average molecular weight is 302 g/mol. The Bertz CT molecular complexity index is 644. The molecule has 0 aliphatic heterocycles. The Balaban J connectivity index is 2.13. The number of nitro benzene ring substituents is 1. The minimum Gasteiger partial charge on any atom is -0.380 e. The molecule has 5 heteroatoms. The smallest absolute Gasteiger partial charge is 0.272 e. The molecule has 0 aliphatic rings. The molecule has 2 aromatic rings. The fourth-order valence-electron chi connectivity index (χ4n) is 2.05. The van der Waals surface area contributed by atoms with E-state index in [4.69, 9.17) is 0 Å². The second kappa shape index (κ2) is 7.13. The van der Waals surface area contributed by atoms with E-state index in [2.05, 4.69) is 18.3 Å². The Hall–Kier alpha value is -2.01. The number of aryl methyl sites for hydroxylation is 1. The second-order valence-corrected chi connectivity index (χ2v) is 5.97. The summed E-state index contributed by atoms with van der Waals surface area (Å²) in [4.78, 5) is 11.8. The van der Waals surface area contributed by atoms with Gasteiger partial charge in [-0.3, -0.25) is 10.1 Å². The molecule has 0 saturated carbocycles. The highest BCUT2D eigenvalue weighted by Crippen LogP contribution is 2.27. The molecule has 0 aliphatic carbocycles. The molecule has 1 N–H and O–H groups in total. The third kappa shape index (κ3) is 3.98. The van der Waals surface area contributed by atoms with Crippen molar-refractivity contribution in [3.63, 3.8) is 0 Å². The Morgan fingerprint density at radius 1 is 1.24 bits per heavy atom. The van der Waals surface area contributed by atoms with Crippen LogP contribution in [-0.4, -0.2) is 10.7 Å². The molecular formula is C16H18N2O2S. The number of nitrogens with one attached hydrogen (secondary N) is 1. The molecule has 0 aromatic heterocycles. The lowest BCUT2D eigenvalue weighted by Crippen LogP contribution is -2.02. The van der Waals surface area contributed by atoms with Crippen LogP contribution in [0, 0.1) is 17.0 Å². The first-order chi connectivity index (χ1) is 10.1. The Morgan fingerprint density at radius 2 is 2.00 bits per heavy atom. The van der Waals surface area contributed by atoms with E-state index in [0.717, 1.165) is 17.0 Å². The van der Waals surface area contributed by atoms with Crippen LogP contribution < -0.4 is 5.32 Å². The molecule has 0 bridgehead atoms. The average Bonchev–Trinajstić information content (AvgIpc) is 2.47. The molecule has 0 atom stereocenters. The topological polar surface area (TPSA) is 55.2 Å². The first-order valence-corrected chi connectivity index (χ1v) is 7.80. The summed E-state index contributed by atoms with van der Waals surface area (Å²) in [6, 6.07) is 13.5. The summed E-state index contributed by atoms with van der Waals surface area (Å²) >= 11 is 1.78. The van der Waals surface area contributed by atoms with Crippen molar-refractivity contribution in [1.82, 2.24) is 0 Å². The fraction of sp³-hybridized carbons (Fsp3) is 0.250. The van der Waals surface area contributed by atoms with Gasteiger partial charge in [-0.25, -0.2) is 0 Å². The van der Waals surface area contributed by atoms with Gasteiger partial charge in [0.15, 0.2) is 0 Å². The fourth-order valence-corrected chi connectivity index (χ4v) is 2.83. The minimum absolute atomic E-state index is 0.172. The molecule has 0 saturated heterocycles. The zero-order chi connectivity index (χ0) is 15.2. The van der Waals surface area contributed by atoms with E-state index in [1.54, 1.807) is 30.8 Å². The number of hydrogen-bond donors (Lipinski definition) is 1. The third-order valence-corrected chi connectivity index (χ3v) is 4.10. The molecule has 0 amide bonds. The Kier molecular flexibility index (Phi) is 5.22. The summed E-state index contributed by atoms with van der Waals surface area (Å²) in [5.41, 5.74) is 2.83. The predicted molar refractivity (Wildman–Crippen MR) is 88.0 cm³/mol.